The highest BCUT2D eigenvalue weighted by Gasteiger charge is 2.39. The van der Waals surface area contributed by atoms with Crippen LogP contribution in [0.1, 0.15) is 24.1 Å². The van der Waals surface area contributed by atoms with E-state index in [4.69, 9.17) is 0 Å². The summed E-state index contributed by atoms with van der Waals surface area (Å²) in [7, 11) is 4.07. The van der Waals surface area contributed by atoms with Crippen molar-refractivity contribution in [3.05, 3.63) is 42.0 Å². The normalized spacial score (nSPS) is 23.1. The van der Waals surface area contributed by atoms with Crippen molar-refractivity contribution in [1.82, 2.24) is 19.9 Å². The van der Waals surface area contributed by atoms with E-state index < -0.39 is 0 Å². The zero-order chi connectivity index (χ0) is 18.1. The van der Waals surface area contributed by atoms with Crippen LogP contribution in [0.3, 0.4) is 0 Å². The maximum absolute atomic E-state index is 4.65. The molecule has 138 valence electrons. The molecule has 2 unspecified atom stereocenters. The van der Waals surface area contributed by atoms with Crippen LogP contribution in [0.25, 0.3) is 0 Å². The van der Waals surface area contributed by atoms with Gasteiger partial charge in [-0.25, -0.2) is 9.97 Å². The average molecular weight is 352 g/mol. The topological polar surface area (TPSA) is 48.4 Å². The van der Waals surface area contributed by atoms with E-state index in [0.717, 1.165) is 42.9 Å². The van der Waals surface area contributed by atoms with Crippen LogP contribution in [0.15, 0.2) is 30.7 Å². The van der Waals surface area contributed by atoms with Crippen molar-refractivity contribution < 1.29 is 0 Å². The lowest BCUT2D eigenvalue weighted by Gasteiger charge is -2.40. The number of fused-ring (bicyclic) bond motifs is 1. The number of aryl methyl sites for hydroxylation is 1. The van der Waals surface area contributed by atoms with Crippen molar-refractivity contribution in [3.63, 3.8) is 0 Å². The number of hydrogen-bond donors (Lipinski definition) is 0. The molecule has 0 spiro atoms. The van der Waals surface area contributed by atoms with Gasteiger partial charge in [-0.2, -0.15) is 0 Å². The number of anilines is 2. The van der Waals surface area contributed by atoms with Gasteiger partial charge in [0.25, 0.3) is 0 Å². The second kappa shape index (κ2) is 7.19. The van der Waals surface area contributed by atoms with E-state index in [-0.39, 0.29) is 0 Å². The van der Waals surface area contributed by atoms with Crippen molar-refractivity contribution in [3.8, 4) is 0 Å². The molecule has 2 fully saturated rings. The molecule has 6 nitrogen and oxygen atoms in total. The molecule has 0 bridgehead atoms. The summed E-state index contributed by atoms with van der Waals surface area (Å²) in [5, 5.41) is 0. The number of piperidine rings is 1. The first-order chi connectivity index (χ1) is 12.6. The third kappa shape index (κ3) is 3.26. The zero-order valence-electron chi connectivity index (χ0n) is 16.0. The SMILES string of the molecule is Cc1ncccc1CN1CCC2CCN(c3nccnc3N(C)C)CC21. The van der Waals surface area contributed by atoms with Crippen LogP contribution in [0, 0.1) is 12.8 Å². The van der Waals surface area contributed by atoms with Crippen LogP contribution in [-0.4, -0.2) is 59.6 Å². The Hall–Kier alpha value is -2.21. The Morgan fingerprint density at radius 2 is 1.88 bits per heavy atom. The molecule has 0 aliphatic carbocycles. The Morgan fingerprint density at radius 3 is 2.69 bits per heavy atom. The molecule has 0 N–H and O–H groups in total. The van der Waals surface area contributed by atoms with Crippen molar-refractivity contribution >= 4 is 11.6 Å². The molecule has 2 aromatic rings. The highest BCUT2D eigenvalue weighted by atomic mass is 15.3. The van der Waals surface area contributed by atoms with Gasteiger partial charge in [-0.3, -0.25) is 9.88 Å². The van der Waals surface area contributed by atoms with Gasteiger partial charge in [0.2, 0.25) is 0 Å². The number of aromatic nitrogens is 3. The van der Waals surface area contributed by atoms with Gasteiger partial charge >= 0.3 is 0 Å². The largest absolute Gasteiger partial charge is 0.360 e. The minimum absolute atomic E-state index is 0.584. The van der Waals surface area contributed by atoms with Gasteiger partial charge in [0.15, 0.2) is 11.6 Å². The predicted octanol–water partition coefficient (Wildman–Crippen LogP) is 2.35. The molecule has 4 rings (SSSR count). The van der Waals surface area contributed by atoms with Crippen LogP contribution < -0.4 is 9.80 Å². The third-order valence-electron chi connectivity index (χ3n) is 5.85. The summed E-state index contributed by atoms with van der Waals surface area (Å²) in [5.41, 5.74) is 2.49. The highest BCUT2D eigenvalue weighted by molar-refractivity contribution is 5.61. The fourth-order valence-corrected chi connectivity index (χ4v) is 4.38. The van der Waals surface area contributed by atoms with Crippen molar-refractivity contribution in [2.75, 3.05) is 43.5 Å². The van der Waals surface area contributed by atoms with Gasteiger partial charge in [0.1, 0.15) is 0 Å². The van der Waals surface area contributed by atoms with Gasteiger partial charge in [-0.15, -0.1) is 0 Å². The summed E-state index contributed by atoms with van der Waals surface area (Å²) in [4.78, 5) is 20.8. The average Bonchev–Trinajstić information content (AvgIpc) is 3.05. The quantitative estimate of drug-likeness (QED) is 0.842. The molecule has 2 aliphatic rings. The summed E-state index contributed by atoms with van der Waals surface area (Å²) < 4.78 is 0. The van der Waals surface area contributed by atoms with Crippen molar-refractivity contribution in [1.29, 1.82) is 0 Å². The molecule has 2 aliphatic heterocycles. The first-order valence-corrected chi connectivity index (χ1v) is 9.51. The molecule has 26 heavy (non-hydrogen) atoms. The summed E-state index contributed by atoms with van der Waals surface area (Å²) >= 11 is 0. The number of nitrogens with zero attached hydrogens (tertiary/aromatic N) is 6. The monoisotopic (exact) mass is 352 g/mol. The maximum atomic E-state index is 4.65. The van der Waals surface area contributed by atoms with Crippen LogP contribution >= 0.6 is 0 Å². The molecule has 0 amide bonds. The Balaban J connectivity index is 1.53. The van der Waals surface area contributed by atoms with Gasteiger partial charge in [0.05, 0.1) is 0 Å². The van der Waals surface area contributed by atoms with Gasteiger partial charge < -0.3 is 9.80 Å². The number of rotatable bonds is 4. The van der Waals surface area contributed by atoms with Gasteiger partial charge in [-0.05, 0) is 43.9 Å². The maximum Gasteiger partial charge on any atom is 0.172 e. The molecule has 4 heterocycles. The van der Waals surface area contributed by atoms with Crippen LogP contribution in [0.4, 0.5) is 11.6 Å². The first-order valence-electron chi connectivity index (χ1n) is 9.51. The minimum Gasteiger partial charge on any atom is -0.360 e. The third-order valence-corrected chi connectivity index (χ3v) is 5.85. The van der Waals surface area contributed by atoms with Gasteiger partial charge in [0, 0.05) is 64.1 Å². The molecular weight excluding hydrogens is 324 g/mol. The summed E-state index contributed by atoms with van der Waals surface area (Å²) in [6, 6.07) is 4.84. The van der Waals surface area contributed by atoms with Gasteiger partial charge in [-0.1, -0.05) is 6.07 Å². The van der Waals surface area contributed by atoms with Crippen LogP contribution in [0.2, 0.25) is 0 Å². The summed E-state index contributed by atoms with van der Waals surface area (Å²) in [5.74, 6) is 2.77. The molecule has 2 saturated heterocycles. The molecule has 0 aromatic carbocycles. The first kappa shape index (κ1) is 17.2. The van der Waals surface area contributed by atoms with Crippen molar-refractivity contribution in [2.24, 2.45) is 5.92 Å². The van der Waals surface area contributed by atoms with E-state index >= 15 is 0 Å². The Kier molecular flexibility index (Phi) is 4.76. The van der Waals surface area contributed by atoms with Crippen LogP contribution in [-0.2, 0) is 6.54 Å². The Labute approximate surface area is 155 Å². The molecule has 2 atom stereocenters. The summed E-state index contributed by atoms with van der Waals surface area (Å²) in [6.45, 7) is 6.39. The lowest BCUT2D eigenvalue weighted by molar-refractivity contribution is 0.200. The highest BCUT2D eigenvalue weighted by Crippen LogP contribution is 2.35. The Bertz CT molecular complexity index is 761. The number of pyridine rings is 1. The number of likely N-dealkylation sites (tertiary alicyclic amines) is 1. The fourth-order valence-electron chi connectivity index (χ4n) is 4.38. The smallest absolute Gasteiger partial charge is 0.172 e. The molecular formula is C20H28N6. The second-order valence-electron chi connectivity index (χ2n) is 7.67. The van der Waals surface area contributed by atoms with E-state index in [9.17, 15) is 0 Å². The molecule has 6 heteroatoms. The lowest BCUT2D eigenvalue weighted by atomic mass is 9.92. The van der Waals surface area contributed by atoms with E-state index in [1.807, 2.05) is 26.4 Å². The lowest BCUT2D eigenvalue weighted by Crippen LogP contribution is -2.48. The number of hydrogen-bond acceptors (Lipinski definition) is 6. The summed E-state index contributed by atoms with van der Waals surface area (Å²) in [6.07, 6.45) is 8.00. The second-order valence-corrected chi connectivity index (χ2v) is 7.67. The van der Waals surface area contributed by atoms with E-state index in [2.05, 4.69) is 42.6 Å². The fraction of sp³-hybridized carbons (Fsp3) is 0.550. The van der Waals surface area contributed by atoms with E-state index in [1.165, 1.54) is 24.9 Å². The van der Waals surface area contributed by atoms with Crippen LogP contribution in [0.5, 0.6) is 0 Å². The molecule has 2 aromatic heterocycles. The van der Waals surface area contributed by atoms with E-state index in [1.54, 1.807) is 12.4 Å². The predicted molar refractivity (Wildman–Crippen MR) is 104 cm³/mol. The Morgan fingerprint density at radius 1 is 1.08 bits per heavy atom. The van der Waals surface area contributed by atoms with Crippen molar-refractivity contribution in [2.45, 2.75) is 32.4 Å². The molecule has 0 radical (unpaired) electrons. The van der Waals surface area contributed by atoms with E-state index in [0.29, 0.717) is 6.04 Å². The zero-order valence-corrected chi connectivity index (χ0v) is 16.0. The minimum atomic E-state index is 0.584. The standard InChI is InChI=1S/C20H28N6/c1-15-17(5-4-8-21-15)13-25-11-6-16-7-12-26(14-18(16)25)20-19(24(2)3)22-9-10-23-20/h4-5,8-10,16,18H,6-7,11-14H2,1-3H3. The molecule has 0 saturated carbocycles.